The molecular weight excluding hydrogens is 192 g/mol. The predicted octanol–water partition coefficient (Wildman–Crippen LogP) is -0.0362. The Labute approximate surface area is 82.2 Å². The Morgan fingerprint density at radius 1 is 1.62 bits per heavy atom. The normalized spacial score (nSPS) is 17.0. The van der Waals surface area contributed by atoms with E-state index in [1.165, 1.54) is 0 Å². The first-order valence-corrected chi connectivity index (χ1v) is 4.88. The standard InChI is InChI=1S/C8H13ClN2O2/c9-3-1-2-8(13)11-5-4-10-7(12)6-11/h1-6H2,(H,10,12). The van der Waals surface area contributed by atoms with Crippen molar-refractivity contribution >= 4 is 23.4 Å². The van der Waals surface area contributed by atoms with Gasteiger partial charge in [0, 0.05) is 25.4 Å². The van der Waals surface area contributed by atoms with Crippen LogP contribution in [0.2, 0.25) is 0 Å². The molecule has 4 nitrogen and oxygen atoms in total. The molecule has 0 unspecified atom stereocenters. The number of piperazine rings is 1. The van der Waals surface area contributed by atoms with Gasteiger partial charge in [0.15, 0.2) is 0 Å². The molecule has 0 radical (unpaired) electrons. The molecule has 0 bridgehead atoms. The van der Waals surface area contributed by atoms with Gasteiger partial charge in [-0.3, -0.25) is 9.59 Å². The van der Waals surface area contributed by atoms with Crippen molar-refractivity contribution in [2.75, 3.05) is 25.5 Å². The first-order valence-electron chi connectivity index (χ1n) is 4.34. The molecule has 13 heavy (non-hydrogen) atoms. The SMILES string of the molecule is O=C1CN(C(=O)CCCCl)CCN1. The van der Waals surface area contributed by atoms with E-state index in [4.69, 9.17) is 11.6 Å². The maximum absolute atomic E-state index is 11.4. The molecule has 1 fully saturated rings. The second-order valence-corrected chi connectivity index (χ2v) is 3.34. The van der Waals surface area contributed by atoms with E-state index in [1.807, 2.05) is 0 Å². The number of hydrogen-bond donors (Lipinski definition) is 1. The molecule has 0 aromatic heterocycles. The third-order valence-electron chi connectivity index (χ3n) is 1.92. The Balaban J connectivity index is 2.32. The number of nitrogens with one attached hydrogen (secondary N) is 1. The molecule has 0 saturated carbocycles. The van der Waals surface area contributed by atoms with Crippen LogP contribution in [-0.2, 0) is 9.59 Å². The molecule has 1 aliphatic rings. The fourth-order valence-corrected chi connectivity index (χ4v) is 1.36. The molecule has 0 aromatic carbocycles. The number of rotatable bonds is 3. The minimum absolute atomic E-state index is 0.0236. The molecule has 1 rings (SSSR count). The third kappa shape index (κ3) is 3.22. The van der Waals surface area contributed by atoms with Crippen molar-refractivity contribution in [2.24, 2.45) is 0 Å². The lowest BCUT2D eigenvalue weighted by Crippen LogP contribution is -2.49. The Morgan fingerprint density at radius 2 is 2.38 bits per heavy atom. The minimum Gasteiger partial charge on any atom is -0.353 e. The highest BCUT2D eigenvalue weighted by molar-refractivity contribution is 6.17. The summed E-state index contributed by atoms with van der Waals surface area (Å²) in [5.74, 6) is 0.437. The molecule has 0 atom stereocenters. The third-order valence-corrected chi connectivity index (χ3v) is 2.18. The molecule has 1 heterocycles. The summed E-state index contributed by atoms with van der Waals surface area (Å²) in [5.41, 5.74) is 0. The zero-order chi connectivity index (χ0) is 9.68. The van der Waals surface area contributed by atoms with Gasteiger partial charge in [0.2, 0.25) is 11.8 Å². The smallest absolute Gasteiger partial charge is 0.239 e. The highest BCUT2D eigenvalue weighted by Crippen LogP contribution is 2.01. The highest BCUT2D eigenvalue weighted by atomic mass is 35.5. The van der Waals surface area contributed by atoms with Crippen molar-refractivity contribution in [2.45, 2.75) is 12.8 Å². The zero-order valence-corrected chi connectivity index (χ0v) is 8.14. The van der Waals surface area contributed by atoms with Gasteiger partial charge in [-0.15, -0.1) is 11.6 Å². The monoisotopic (exact) mass is 204 g/mol. The Bertz CT molecular complexity index is 208. The van der Waals surface area contributed by atoms with Crippen molar-refractivity contribution < 1.29 is 9.59 Å². The Kier molecular flexibility index (Phi) is 4.02. The van der Waals surface area contributed by atoms with E-state index in [9.17, 15) is 9.59 Å². The van der Waals surface area contributed by atoms with Gasteiger partial charge in [-0.05, 0) is 6.42 Å². The summed E-state index contributed by atoms with van der Waals surface area (Å²) in [5, 5.41) is 2.66. The minimum atomic E-state index is -0.0783. The number of carbonyl (C=O) groups is 2. The number of amides is 2. The number of carbonyl (C=O) groups excluding carboxylic acids is 2. The van der Waals surface area contributed by atoms with E-state index >= 15 is 0 Å². The summed E-state index contributed by atoms with van der Waals surface area (Å²) in [6.07, 6.45) is 1.12. The van der Waals surface area contributed by atoms with Crippen LogP contribution in [0.3, 0.4) is 0 Å². The van der Waals surface area contributed by atoms with Crippen molar-refractivity contribution in [3.05, 3.63) is 0 Å². The Hall–Kier alpha value is -0.770. The summed E-state index contributed by atoms with van der Waals surface area (Å²) in [7, 11) is 0. The molecule has 74 valence electrons. The summed E-state index contributed by atoms with van der Waals surface area (Å²) in [4.78, 5) is 23.9. The highest BCUT2D eigenvalue weighted by Gasteiger charge is 2.19. The van der Waals surface area contributed by atoms with Crippen LogP contribution in [0.15, 0.2) is 0 Å². The fraction of sp³-hybridized carbons (Fsp3) is 0.750. The maximum atomic E-state index is 11.4. The van der Waals surface area contributed by atoms with E-state index in [-0.39, 0.29) is 18.4 Å². The lowest BCUT2D eigenvalue weighted by Gasteiger charge is -2.26. The van der Waals surface area contributed by atoms with Crippen molar-refractivity contribution in [3.63, 3.8) is 0 Å². The van der Waals surface area contributed by atoms with E-state index in [0.717, 1.165) is 0 Å². The van der Waals surface area contributed by atoms with E-state index in [0.29, 0.717) is 31.8 Å². The lowest BCUT2D eigenvalue weighted by atomic mass is 10.2. The van der Waals surface area contributed by atoms with Gasteiger partial charge in [0.25, 0.3) is 0 Å². The Morgan fingerprint density at radius 3 is 3.00 bits per heavy atom. The lowest BCUT2D eigenvalue weighted by molar-refractivity contribution is -0.138. The summed E-state index contributed by atoms with van der Waals surface area (Å²) < 4.78 is 0. The number of nitrogens with zero attached hydrogens (tertiary/aromatic N) is 1. The van der Waals surface area contributed by atoms with Crippen LogP contribution in [0.5, 0.6) is 0 Å². The molecule has 1 saturated heterocycles. The average Bonchev–Trinajstić information content (AvgIpc) is 2.14. The topological polar surface area (TPSA) is 49.4 Å². The van der Waals surface area contributed by atoms with Gasteiger partial charge < -0.3 is 10.2 Å². The van der Waals surface area contributed by atoms with Crippen LogP contribution in [-0.4, -0.2) is 42.2 Å². The molecule has 2 amide bonds. The number of halogens is 1. The first-order chi connectivity index (χ1) is 6.24. The molecule has 1 N–H and O–H groups in total. The summed E-state index contributed by atoms with van der Waals surface area (Å²) in [6.45, 7) is 1.37. The van der Waals surface area contributed by atoms with Gasteiger partial charge >= 0.3 is 0 Å². The van der Waals surface area contributed by atoms with E-state index in [2.05, 4.69) is 5.32 Å². The van der Waals surface area contributed by atoms with Gasteiger partial charge in [-0.2, -0.15) is 0 Å². The second kappa shape index (κ2) is 5.07. The van der Waals surface area contributed by atoms with Crippen LogP contribution in [0.4, 0.5) is 0 Å². The molecule has 0 aliphatic carbocycles. The largest absolute Gasteiger partial charge is 0.353 e. The van der Waals surface area contributed by atoms with Crippen LogP contribution < -0.4 is 5.32 Å². The average molecular weight is 205 g/mol. The second-order valence-electron chi connectivity index (χ2n) is 2.96. The molecular formula is C8H13ClN2O2. The molecule has 5 heteroatoms. The summed E-state index contributed by atoms with van der Waals surface area (Å²) in [6, 6.07) is 0. The van der Waals surface area contributed by atoms with Crippen LogP contribution in [0, 0.1) is 0 Å². The van der Waals surface area contributed by atoms with Crippen LogP contribution in [0.25, 0.3) is 0 Å². The van der Waals surface area contributed by atoms with E-state index in [1.54, 1.807) is 4.90 Å². The molecule has 1 aliphatic heterocycles. The maximum Gasteiger partial charge on any atom is 0.239 e. The molecule has 0 spiro atoms. The van der Waals surface area contributed by atoms with Crippen LogP contribution >= 0.6 is 11.6 Å². The van der Waals surface area contributed by atoms with Gasteiger partial charge in [-0.25, -0.2) is 0 Å². The fourth-order valence-electron chi connectivity index (χ4n) is 1.23. The first kappa shape index (κ1) is 10.3. The van der Waals surface area contributed by atoms with Crippen molar-refractivity contribution in [3.8, 4) is 0 Å². The number of alkyl halides is 1. The zero-order valence-electron chi connectivity index (χ0n) is 7.38. The number of hydrogen-bond acceptors (Lipinski definition) is 2. The van der Waals surface area contributed by atoms with Crippen molar-refractivity contribution in [1.82, 2.24) is 10.2 Å². The quantitative estimate of drug-likeness (QED) is 0.657. The summed E-state index contributed by atoms with van der Waals surface area (Å²) >= 11 is 5.46. The predicted molar refractivity (Wildman–Crippen MR) is 49.5 cm³/mol. The van der Waals surface area contributed by atoms with Crippen molar-refractivity contribution in [1.29, 1.82) is 0 Å². The van der Waals surface area contributed by atoms with Gasteiger partial charge in [0.1, 0.15) is 0 Å². The van der Waals surface area contributed by atoms with E-state index < -0.39 is 0 Å². The van der Waals surface area contributed by atoms with Crippen LogP contribution in [0.1, 0.15) is 12.8 Å². The van der Waals surface area contributed by atoms with Gasteiger partial charge in [0.05, 0.1) is 6.54 Å². The molecule has 0 aromatic rings. The van der Waals surface area contributed by atoms with Gasteiger partial charge in [-0.1, -0.05) is 0 Å².